The molecule has 8 nitrogen and oxygen atoms in total. The molecule has 9 heteroatoms. The predicted molar refractivity (Wildman–Crippen MR) is 99.4 cm³/mol. The Hall–Kier alpha value is -4.01. The third kappa shape index (κ3) is 3.45. The minimum absolute atomic E-state index is 0.256. The lowest BCUT2D eigenvalue weighted by molar-refractivity contribution is -0.119. The van der Waals surface area contributed by atoms with Crippen molar-refractivity contribution in [3.8, 4) is 11.4 Å². The van der Waals surface area contributed by atoms with Gasteiger partial charge in [-0.2, -0.15) is 5.10 Å². The number of nitrogens with one attached hydrogen (secondary N) is 1. The van der Waals surface area contributed by atoms with E-state index in [1.54, 1.807) is 4.68 Å². The Kier molecular flexibility index (Phi) is 4.55. The summed E-state index contributed by atoms with van der Waals surface area (Å²) in [5.41, 5.74) is 3.07. The number of para-hydroxylation sites is 1. The van der Waals surface area contributed by atoms with Gasteiger partial charge >= 0.3 is 0 Å². The summed E-state index contributed by atoms with van der Waals surface area (Å²) in [5.74, 6) is -0.636. The highest BCUT2D eigenvalue weighted by Gasteiger charge is 2.13. The predicted octanol–water partition coefficient (Wildman–Crippen LogP) is 1.87. The summed E-state index contributed by atoms with van der Waals surface area (Å²) in [6.45, 7) is -0.348. The zero-order valence-electron chi connectivity index (χ0n) is 14.4. The van der Waals surface area contributed by atoms with Gasteiger partial charge in [-0.05, 0) is 36.4 Å². The Morgan fingerprint density at radius 3 is 2.61 bits per heavy atom. The third-order valence-electron chi connectivity index (χ3n) is 3.92. The smallest absolute Gasteiger partial charge is 0.283 e. The maximum Gasteiger partial charge on any atom is 0.283 e. The van der Waals surface area contributed by atoms with Gasteiger partial charge in [0.25, 0.3) is 11.5 Å². The zero-order chi connectivity index (χ0) is 19.5. The average molecular weight is 379 g/mol. The molecule has 0 aliphatic carbocycles. The SMILES string of the molecule is O=C(COc1ccc(F)cc1)Nn1cnc2c(cnn2-c2ccccc2)c1=O. The molecule has 2 aromatic carbocycles. The van der Waals surface area contributed by atoms with E-state index < -0.39 is 17.3 Å². The molecule has 4 rings (SSSR count). The molecular formula is C19H14FN5O3. The van der Waals surface area contributed by atoms with Crippen molar-refractivity contribution in [2.24, 2.45) is 0 Å². The number of fused-ring (bicyclic) bond motifs is 1. The van der Waals surface area contributed by atoms with Crippen molar-refractivity contribution >= 4 is 16.9 Å². The van der Waals surface area contributed by atoms with E-state index in [1.807, 2.05) is 30.3 Å². The largest absolute Gasteiger partial charge is 0.484 e. The number of amides is 1. The molecule has 1 N–H and O–H groups in total. The summed E-state index contributed by atoms with van der Waals surface area (Å²) in [5, 5.41) is 4.46. The molecule has 0 radical (unpaired) electrons. The number of halogens is 1. The Morgan fingerprint density at radius 1 is 1.11 bits per heavy atom. The van der Waals surface area contributed by atoms with Crippen LogP contribution in [0.25, 0.3) is 16.7 Å². The van der Waals surface area contributed by atoms with Gasteiger partial charge in [0, 0.05) is 0 Å². The topological polar surface area (TPSA) is 91.0 Å². The standard InChI is InChI=1S/C19H14FN5O3/c20-13-6-8-15(9-7-13)28-11-17(26)23-24-12-21-18-16(19(24)27)10-22-25(18)14-4-2-1-3-5-14/h1-10,12H,11H2,(H,23,26). The minimum atomic E-state index is -0.567. The van der Waals surface area contributed by atoms with Crippen molar-refractivity contribution in [3.63, 3.8) is 0 Å². The van der Waals surface area contributed by atoms with Gasteiger partial charge in [-0.25, -0.2) is 18.7 Å². The highest BCUT2D eigenvalue weighted by molar-refractivity contribution is 5.85. The number of ether oxygens (including phenoxy) is 1. The van der Waals surface area contributed by atoms with Crippen LogP contribution in [0.4, 0.5) is 4.39 Å². The van der Waals surface area contributed by atoms with Crippen molar-refractivity contribution < 1.29 is 13.9 Å². The van der Waals surface area contributed by atoms with Crippen LogP contribution in [0.1, 0.15) is 0 Å². The summed E-state index contributed by atoms with van der Waals surface area (Å²) in [4.78, 5) is 28.9. The molecule has 0 saturated heterocycles. The van der Waals surface area contributed by atoms with Gasteiger partial charge in [-0.1, -0.05) is 18.2 Å². The third-order valence-corrected chi connectivity index (χ3v) is 3.92. The normalized spacial score (nSPS) is 10.8. The van der Waals surface area contributed by atoms with E-state index in [9.17, 15) is 14.0 Å². The summed E-state index contributed by atoms with van der Waals surface area (Å²) in [6.07, 6.45) is 2.61. The van der Waals surface area contributed by atoms with Crippen LogP contribution >= 0.6 is 0 Å². The fourth-order valence-corrected chi connectivity index (χ4v) is 2.60. The van der Waals surface area contributed by atoms with E-state index in [0.717, 1.165) is 10.4 Å². The molecule has 2 aromatic heterocycles. The molecule has 2 heterocycles. The van der Waals surface area contributed by atoms with Crippen LogP contribution in [0, 0.1) is 5.82 Å². The average Bonchev–Trinajstić information content (AvgIpc) is 3.15. The first kappa shape index (κ1) is 17.4. The number of aromatic nitrogens is 4. The first-order valence-electron chi connectivity index (χ1n) is 8.31. The number of carbonyl (C=O) groups excluding carboxylic acids is 1. The summed E-state index contributed by atoms with van der Waals surface area (Å²) in [6, 6.07) is 14.5. The summed E-state index contributed by atoms with van der Waals surface area (Å²) in [7, 11) is 0. The molecular weight excluding hydrogens is 365 g/mol. The van der Waals surface area contributed by atoms with Gasteiger partial charge in [-0.15, -0.1) is 0 Å². The zero-order valence-corrected chi connectivity index (χ0v) is 14.4. The highest BCUT2D eigenvalue weighted by Crippen LogP contribution is 2.13. The van der Waals surface area contributed by atoms with Crippen molar-refractivity contribution in [1.29, 1.82) is 0 Å². The van der Waals surface area contributed by atoms with Crippen LogP contribution < -0.4 is 15.7 Å². The van der Waals surface area contributed by atoms with Gasteiger partial charge in [0.1, 0.15) is 23.3 Å². The summed E-state index contributed by atoms with van der Waals surface area (Å²) >= 11 is 0. The van der Waals surface area contributed by atoms with Crippen LogP contribution in [0.2, 0.25) is 0 Å². The molecule has 4 aromatic rings. The van der Waals surface area contributed by atoms with Crippen LogP contribution in [0.5, 0.6) is 5.75 Å². The van der Waals surface area contributed by atoms with Crippen LogP contribution in [0.3, 0.4) is 0 Å². The lowest BCUT2D eigenvalue weighted by Crippen LogP contribution is -2.35. The van der Waals surface area contributed by atoms with E-state index in [2.05, 4.69) is 15.5 Å². The maximum atomic E-state index is 12.9. The van der Waals surface area contributed by atoms with E-state index >= 15 is 0 Å². The first-order chi connectivity index (χ1) is 13.6. The number of hydrogen-bond acceptors (Lipinski definition) is 5. The molecule has 0 bridgehead atoms. The number of hydrogen-bond donors (Lipinski definition) is 1. The van der Waals surface area contributed by atoms with Gasteiger partial charge in [0.15, 0.2) is 12.3 Å². The Labute approximate surface area is 157 Å². The van der Waals surface area contributed by atoms with Gasteiger partial charge in [-0.3, -0.25) is 15.0 Å². The molecule has 0 atom stereocenters. The second-order valence-corrected chi connectivity index (χ2v) is 5.83. The molecule has 0 saturated carbocycles. The van der Waals surface area contributed by atoms with E-state index in [4.69, 9.17) is 4.74 Å². The van der Waals surface area contributed by atoms with E-state index in [-0.39, 0.29) is 12.0 Å². The Balaban J connectivity index is 1.51. The van der Waals surface area contributed by atoms with Crippen molar-refractivity contribution in [3.05, 3.63) is 83.3 Å². The summed E-state index contributed by atoms with van der Waals surface area (Å²) < 4.78 is 20.6. The van der Waals surface area contributed by atoms with Gasteiger partial charge < -0.3 is 4.74 Å². The van der Waals surface area contributed by atoms with Crippen LogP contribution in [-0.2, 0) is 4.79 Å². The highest BCUT2D eigenvalue weighted by atomic mass is 19.1. The Bertz CT molecular complexity index is 1190. The van der Waals surface area contributed by atoms with E-state index in [1.165, 1.54) is 36.8 Å². The number of rotatable bonds is 5. The van der Waals surface area contributed by atoms with Crippen molar-refractivity contribution in [2.45, 2.75) is 0 Å². The Morgan fingerprint density at radius 2 is 1.86 bits per heavy atom. The number of carbonyl (C=O) groups is 1. The molecule has 0 spiro atoms. The maximum absolute atomic E-state index is 12.9. The molecule has 1 amide bonds. The van der Waals surface area contributed by atoms with Gasteiger partial charge in [0.2, 0.25) is 0 Å². The van der Waals surface area contributed by atoms with E-state index in [0.29, 0.717) is 11.4 Å². The molecule has 0 aliphatic heterocycles. The molecule has 0 fully saturated rings. The lowest BCUT2D eigenvalue weighted by atomic mass is 10.3. The van der Waals surface area contributed by atoms with Gasteiger partial charge in [0.05, 0.1) is 11.9 Å². The molecule has 0 unspecified atom stereocenters. The first-order valence-corrected chi connectivity index (χ1v) is 8.31. The monoisotopic (exact) mass is 379 g/mol. The minimum Gasteiger partial charge on any atom is -0.484 e. The fourth-order valence-electron chi connectivity index (χ4n) is 2.60. The van der Waals surface area contributed by atoms with Crippen molar-refractivity contribution in [1.82, 2.24) is 19.4 Å². The lowest BCUT2D eigenvalue weighted by Gasteiger charge is -2.09. The number of benzene rings is 2. The van der Waals surface area contributed by atoms with Crippen LogP contribution in [0.15, 0.2) is 71.9 Å². The molecule has 140 valence electrons. The second-order valence-electron chi connectivity index (χ2n) is 5.83. The molecule has 28 heavy (non-hydrogen) atoms. The number of nitrogens with zero attached hydrogens (tertiary/aromatic N) is 4. The second kappa shape index (κ2) is 7.31. The molecule has 0 aliphatic rings. The fraction of sp³-hybridized carbons (Fsp3) is 0.0526. The van der Waals surface area contributed by atoms with Crippen LogP contribution in [-0.4, -0.2) is 32.0 Å². The van der Waals surface area contributed by atoms with Crippen molar-refractivity contribution in [2.75, 3.05) is 12.0 Å². The quantitative estimate of drug-likeness (QED) is 0.572.